The van der Waals surface area contributed by atoms with Crippen molar-refractivity contribution < 1.29 is 43.3 Å². The van der Waals surface area contributed by atoms with Gasteiger partial charge in [0.2, 0.25) is 11.6 Å². The van der Waals surface area contributed by atoms with E-state index in [1.54, 1.807) is 38.1 Å². The molecule has 0 radical (unpaired) electrons. The number of primary amides is 1. The Morgan fingerprint density at radius 2 is 1.72 bits per heavy atom. The molecule has 3 amide bonds. The number of nitrogens with one attached hydrogen (secondary N) is 2. The van der Waals surface area contributed by atoms with Crippen molar-refractivity contribution in [2.75, 3.05) is 27.3 Å². The van der Waals surface area contributed by atoms with Crippen LogP contribution in [0.1, 0.15) is 69.3 Å². The molecular weight excluding hydrogens is 680 g/mol. The van der Waals surface area contributed by atoms with Gasteiger partial charge in [0.1, 0.15) is 6.10 Å². The number of carbonyl (C=O) groups excluding carboxylic acids is 5. The fourth-order valence-corrected chi connectivity index (χ4v) is 6.87. The number of Topliss-reactive ketones (excluding diaryl/α,β-unsaturated/α-hetero) is 1. The van der Waals surface area contributed by atoms with Gasteiger partial charge in [-0.15, -0.1) is 0 Å². The lowest BCUT2D eigenvalue weighted by atomic mass is 9.85. The number of aliphatic hydroxyl groups is 1. The molecule has 1 fully saturated rings. The summed E-state index contributed by atoms with van der Waals surface area (Å²) in [5.41, 5.74) is 7.15. The van der Waals surface area contributed by atoms with Gasteiger partial charge in [-0.1, -0.05) is 50.3 Å². The molecule has 1 aromatic carbocycles. The van der Waals surface area contributed by atoms with E-state index in [0.29, 0.717) is 11.1 Å². The molecule has 2 heterocycles. The molecule has 5 N–H and O–H groups in total. The van der Waals surface area contributed by atoms with Crippen molar-refractivity contribution in [2.45, 2.75) is 84.3 Å². The highest BCUT2D eigenvalue weighted by Gasteiger charge is 2.34. The summed E-state index contributed by atoms with van der Waals surface area (Å²) in [5, 5.41) is 16.7. The van der Waals surface area contributed by atoms with E-state index in [1.807, 2.05) is 19.1 Å². The minimum atomic E-state index is -1.03. The number of allylic oxidation sites excluding steroid dienone is 4. The topological polar surface area (TPSA) is 187 Å². The van der Waals surface area contributed by atoms with Gasteiger partial charge in [0.15, 0.2) is 6.10 Å². The third-order valence-corrected chi connectivity index (χ3v) is 9.85. The second-order valence-electron chi connectivity index (χ2n) is 14.1. The molecule has 0 unspecified atom stereocenters. The van der Waals surface area contributed by atoms with Gasteiger partial charge in [-0.25, -0.2) is 4.79 Å². The molecule has 1 saturated heterocycles. The highest BCUT2D eigenvalue weighted by atomic mass is 16.6. The molecule has 1 aromatic rings. The third-order valence-electron chi connectivity index (χ3n) is 9.85. The molecule has 53 heavy (non-hydrogen) atoms. The SMILES string of the molecule is CO[C@@H]1/C=C\C=C(\C)C(=O)NC2=CC(=O)C(NC(=O)c3ccc(CN4CCCC4)cc3)=C(C[C@@H](C)C[C@@H](OC)[C@@H](O)[C@@H](C)/C=C(/C)[C@H]1OC(N)=O)C2=O. The Balaban J connectivity index is 1.68. The van der Waals surface area contributed by atoms with Crippen LogP contribution >= 0.6 is 0 Å². The lowest BCUT2D eigenvalue weighted by molar-refractivity contribution is -0.120. The van der Waals surface area contributed by atoms with Gasteiger partial charge in [-0.05, 0) is 81.8 Å². The Hall–Kier alpha value is -4.69. The van der Waals surface area contributed by atoms with Crippen molar-refractivity contribution in [3.05, 3.63) is 93.9 Å². The second kappa shape index (κ2) is 18.9. The van der Waals surface area contributed by atoms with E-state index in [9.17, 15) is 29.1 Å². The first-order valence-corrected chi connectivity index (χ1v) is 17.9. The number of ether oxygens (including phenoxy) is 3. The number of ketones is 2. The minimum Gasteiger partial charge on any atom is -0.439 e. The molecule has 286 valence electrons. The maximum atomic E-state index is 14.0. The molecule has 0 spiro atoms. The summed E-state index contributed by atoms with van der Waals surface area (Å²) in [6.45, 7) is 9.74. The number of nitrogens with two attached hydrogens (primary N) is 1. The predicted octanol–water partition coefficient (Wildman–Crippen LogP) is 3.79. The van der Waals surface area contributed by atoms with E-state index >= 15 is 0 Å². The van der Waals surface area contributed by atoms with Crippen LogP contribution in [0.2, 0.25) is 0 Å². The monoisotopic (exact) mass is 732 g/mol. The molecule has 0 aromatic heterocycles. The van der Waals surface area contributed by atoms with Crippen LogP contribution in [0, 0.1) is 11.8 Å². The summed E-state index contributed by atoms with van der Waals surface area (Å²) in [4.78, 5) is 68.6. The van der Waals surface area contributed by atoms with Crippen LogP contribution in [-0.2, 0) is 35.1 Å². The van der Waals surface area contributed by atoms with Crippen molar-refractivity contribution in [3.8, 4) is 0 Å². The van der Waals surface area contributed by atoms with Crippen molar-refractivity contribution in [2.24, 2.45) is 17.6 Å². The highest BCUT2D eigenvalue weighted by molar-refractivity contribution is 6.24. The highest BCUT2D eigenvalue weighted by Crippen LogP contribution is 2.29. The first-order valence-electron chi connectivity index (χ1n) is 17.9. The number of amides is 3. The maximum absolute atomic E-state index is 14.0. The number of methoxy groups -OCH3 is 2. The molecule has 13 heteroatoms. The first kappa shape index (κ1) is 41.1. The quantitative estimate of drug-likeness (QED) is 0.238. The summed E-state index contributed by atoms with van der Waals surface area (Å²) >= 11 is 0. The third kappa shape index (κ3) is 10.9. The number of likely N-dealkylation sites (tertiary alicyclic amines) is 1. The predicted molar refractivity (Wildman–Crippen MR) is 198 cm³/mol. The van der Waals surface area contributed by atoms with Crippen LogP contribution < -0.4 is 16.4 Å². The van der Waals surface area contributed by atoms with Crippen molar-refractivity contribution in [1.82, 2.24) is 15.5 Å². The Bertz CT molecular complexity index is 1700. The zero-order chi connectivity index (χ0) is 38.8. The average Bonchev–Trinajstić information content (AvgIpc) is 3.64. The molecule has 3 aliphatic rings. The molecule has 6 atom stereocenters. The summed E-state index contributed by atoms with van der Waals surface area (Å²) in [6, 6.07) is 7.15. The van der Waals surface area contributed by atoms with Gasteiger partial charge in [0.05, 0.1) is 23.6 Å². The minimum absolute atomic E-state index is 0.0274. The number of fused-ring (bicyclic) bond motifs is 2. The molecular formula is C40H52N4O9. The number of aliphatic hydroxyl groups excluding tert-OH is 1. The number of rotatable bonds is 7. The Morgan fingerprint density at radius 3 is 2.34 bits per heavy atom. The summed E-state index contributed by atoms with van der Waals surface area (Å²) < 4.78 is 16.7. The number of benzene rings is 1. The number of hydrogen-bond donors (Lipinski definition) is 4. The average molecular weight is 733 g/mol. The van der Waals surface area contributed by atoms with Crippen LogP contribution in [0.15, 0.2) is 82.8 Å². The van der Waals surface area contributed by atoms with E-state index in [0.717, 1.165) is 31.3 Å². The Kier molecular flexibility index (Phi) is 14.6. The smallest absolute Gasteiger partial charge is 0.405 e. The lowest BCUT2D eigenvalue weighted by Crippen LogP contribution is -2.38. The molecule has 2 aliphatic heterocycles. The zero-order valence-electron chi connectivity index (χ0n) is 31.3. The van der Waals surface area contributed by atoms with Gasteiger partial charge >= 0.3 is 6.09 Å². The maximum Gasteiger partial charge on any atom is 0.405 e. The van der Waals surface area contributed by atoms with Crippen molar-refractivity contribution >= 4 is 29.5 Å². The van der Waals surface area contributed by atoms with Crippen LogP contribution in [0.3, 0.4) is 0 Å². The van der Waals surface area contributed by atoms with E-state index in [2.05, 4.69) is 15.5 Å². The molecule has 0 saturated carbocycles. The molecule has 1 aliphatic carbocycles. The lowest BCUT2D eigenvalue weighted by Gasteiger charge is -2.30. The summed E-state index contributed by atoms with van der Waals surface area (Å²) in [5.74, 6) is -3.29. The Morgan fingerprint density at radius 1 is 1.04 bits per heavy atom. The van der Waals surface area contributed by atoms with E-state index in [1.165, 1.54) is 46.1 Å². The molecule has 13 nitrogen and oxygen atoms in total. The van der Waals surface area contributed by atoms with Crippen molar-refractivity contribution in [1.29, 1.82) is 0 Å². The van der Waals surface area contributed by atoms with Crippen LogP contribution in [0.4, 0.5) is 4.79 Å². The normalized spacial score (nSPS) is 29.3. The van der Waals surface area contributed by atoms with E-state index in [4.69, 9.17) is 19.9 Å². The largest absolute Gasteiger partial charge is 0.439 e. The van der Waals surface area contributed by atoms with Gasteiger partial charge in [0.25, 0.3) is 11.8 Å². The first-order chi connectivity index (χ1) is 25.2. The van der Waals surface area contributed by atoms with Crippen molar-refractivity contribution in [3.63, 3.8) is 0 Å². The summed E-state index contributed by atoms with van der Waals surface area (Å²) in [7, 11) is 2.89. The van der Waals surface area contributed by atoms with E-state index in [-0.39, 0.29) is 41.3 Å². The molecule has 4 rings (SSSR count). The standard InChI is InChI=1S/C40H52N4O9/c1-23-18-29-34(43-39(49)28-14-12-27(13-15-28)22-44-16-7-8-17-44)31(45)21-30(36(29)47)42-38(48)24(2)10-9-11-32(51-5)37(53-40(41)50)26(4)20-25(3)35(46)33(19-23)52-6/h9-15,20-21,23,25,32-33,35,37,46H,7-8,16-19,22H2,1-6H3,(H2,41,50)(H,42,48)(H,43,49)/b11-9-,24-10-,26-20-/t23-,25+,32-,33-,35+,37-/m1/s1. The van der Waals surface area contributed by atoms with Gasteiger partial charge in [0, 0.05) is 49.5 Å². The fourth-order valence-electron chi connectivity index (χ4n) is 6.87. The van der Waals surface area contributed by atoms with Gasteiger partial charge < -0.3 is 35.7 Å². The van der Waals surface area contributed by atoms with Crippen LogP contribution in [0.25, 0.3) is 0 Å². The zero-order valence-corrected chi connectivity index (χ0v) is 31.3. The van der Waals surface area contributed by atoms with Crippen LogP contribution in [0.5, 0.6) is 0 Å². The van der Waals surface area contributed by atoms with E-state index < -0.39 is 59.8 Å². The Labute approximate surface area is 311 Å². The molecule has 2 bridgehead atoms. The van der Waals surface area contributed by atoms with Crippen LogP contribution in [-0.4, -0.2) is 91.2 Å². The number of carbonyl (C=O) groups is 5. The second-order valence-corrected chi connectivity index (χ2v) is 14.1. The number of hydrogen-bond acceptors (Lipinski definition) is 10. The van der Waals surface area contributed by atoms with Gasteiger partial charge in [-0.3, -0.25) is 24.1 Å². The summed E-state index contributed by atoms with van der Waals surface area (Å²) in [6.07, 6.45) is 5.43. The number of nitrogens with zero attached hydrogens (tertiary/aromatic N) is 1. The fraction of sp³-hybridized carbons (Fsp3) is 0.475. The van der Waals surface area contributed by atoms with Gasteiger partial charge in [-0.2, -0.15) is 0 Å².